The standard InChI is InChI=1S/C31H58BN/c32-31(25-26-13-5-4-6-14-26)23-11-19-29(20-12-24-31)33-30-18-10-9-17-28(21-22-30)27-15-7-2-1-3-8-16-27/h26-30,33H,1-25,32H2. The van der Waals surface area contributed by atoms with E-state index in [0.29, 0.717) is 5.31 Å². The predicted molar refractivity (Wildman–Crippen MR) is 148 cm³/mol. The Balaban J connectivity index is 1.20. The average Bonchev–Trinajstić information content (AvgIpc) is 2.75. The Morgan fingerprint density at radius 2 is 0.939 bits per heavy atom. The highest BCUT2D eigenvalue weighted by molar-refractivity contribution is 6.15. The van der Waals surface area contributed by atoms with Gasteiger partial charge in [-0.25, -0.2) is 0 Å². The molecule has 0 radical (unpaired) electrons. The molecule has 0 amide bonds. The van der Waals surface area contributed by atoms with E-state index in [9.17, 15) is 0 Å². The normalized spacial score (nSPS) is 37.2. The molecule has 1 N–H and O–H groups in total. The molecule has 0 saturated heterocycles. The van der Waals surface area contributed by atoms with E-state index in [1.54, 1.807) is 19.3 Å². The molecule has 4 fully saturated rings. The Bertz CT molecular complexity index is 509. The molecule has 0 aromatic carbocycles. The summed E-state index contributed by atoms with van der Waals surface area (Å²) in [6.45, 7) is 0. The van der Waals surface area contributed by atoms with Crippen LogP contribution in [0.4, 0.5) is 0 Å². The lowest BCUT2D eigenvalue weighted by Gasteiger charge is -2.39. The molecule has 0 aromatic rings. The topological polar surface area (TPSA) is 12.0 Å². The van der Waals surface area contributed by atoms with Crippen molar-refractivity contribution in [2.75, 3.05) is 0 Å². The van der Waals surface area contributed by atoms with E-state index < -0.39 is 0 Å². The lowest BCUT2D eigenvalue weighted by molar-refractivity contribution is 0.200. The van der Waals surface area contributed by atoms with Crippen molar-refractivity contribution in [3.63, 3.8) is 0 Å². The van der Waals surface area contributed by atoms with Gasteiger partial charge in [-0.1, -0.05) is 134 Å². The largest absolute Gasteiger partial charge is 0.311 e. The van der Waals surface area contributed by atoms with Gasteiger partial charge in [0.25, 0.3) is 0 Å². The fraction of sp³-hybridized carbons (Fsp3) is 1.00. The minimum Gasteiger partial charge on any atom is -0.311 e. The van der Waals surface area contributed by atoms with Gasteiger partial charge in [0.15, 0.2) is 0 Å². The first-order chi connectivity index (χ1) is 16.2. The summed E-state index contributed by atoms with van der Waals surface area (Å²) in [6.07, 6.45) is 37.6. The van der Waals surface area contributed by atoms with Crippen LogP contribution < -0.4 is 5.32 Å². The fourth-order valence-corrected chi connectivity index (χ4v) is 8.71. The monoisotopic (exact) mass is 455 g/mol. The van der Waals surface area contributed by atoms with Gasteiger partial charge in [-0.05, 0) is 49.9 Å². The molecule has 1 nitrogen and oxygen atoms in total. The van der Waals surface area contributed by atoms with Gasteiger partial charge in [0, 0.05) is 12.1 Å². The lowest BCUT2D eigenvalue weighted by atomic mass is 9.57. The predicted octanol–water partition coefficient (Wildman–Crippen LogP) is 8.76. The third-order valence-corrected chi connectivity index (χ3v) is 10.7. The first kappa shape index (κ1) is 26.1. The maximum Gasteiger partial charge on any atom is 0.109 e. The number of nitrogens with one attached hydrogen (secondary N) is 1. The highest BCUT2D eigenvalue weighted by Gasteiger charge is 2.31. The summed E-state index contributed by atoms with van der Waals surface area (Å²) in [4.78, 5) is 0. The lowest BCUT2D eigenvalue weighted by Crippen LogP contribution is -2.40. The van der Waals surface area contributed by atoms with Crippen LogP contribution >= 0.6 is 0 Å². The molecule has 190 valence electrons. The fourth-order valence-electron chi connectivity index (χ4n) is 8.71. The van der Waals surface area contributed by atoms with Crippen molar-refractivity contribution in [1.29, 1.82) is 0 Å². The molecule has 2 heteroatoms. The van der Waals surface area contributed by atoms with Crippen LogP contribution in [0.2, 0.25) is 5.31 Å². The highest BCUT2D eigenvalue weighted by Crippen LogP contribution is 2.46. The highest BCUT2D eigenvalue weighted by atomic mass is 14.9. The van der Waals surface area contributed by atoms with Gasteiger partial charge < -0.3 is 5.32 Å². The maximum absolute atomic E-state index is 4.25. The molecule has 2 unspecified atom stereocenters. The molecule has 33 heavy (non-hydrogen) atoms. The molecule has 0 aromatic heterocycles. The van der Waals surface area contributed by atoms with Crippen molar-refractivity contribution >= 4 is 7.85 Å². The Hall–Kier alpha value is 0.0249. The van der Waals surface area contributed by atoms with Gasteiger partial charge in [0.2, 0.25) is 0 Å². The summed E-state index contributed by atoms with van der Waals surface area (Å²) in [5.41, 5.74) is 0. The quantitative estimate of drug-likeness (QED) is 0.409. The molecule has 0 bridgehead atoms. The number of rotatable bonds is 5. The Morgan fingerprint density at radius 3 is 1.64 bits per heavy atom. The zero-order valence-electron chi connectivity index (χ0n) is 22.6. The van der Waals surface area contributed by atoms with E-state index in [1.165, 1.54) is 141 Å². The van der Waals surface area contributed by atoms with E-state index in [0.717, 1.165) is 29.8 Å². The van der Waals surface area contributed by atoms with Gasteiger partial charge >= 0.3 is 0 Å². The summed E-state index contributed by atoms with van der Waals surface area (Å²) < 4.78 is 0. The average molecular weight is 456 g/mol. The second-order valence-corrected chi connectivity index (χ2v) is 13.6. The van der Waals surface area contributed by atoms with Crippen LogP contribution in [0.3, 0.4) is 0 Å². The minimum atomic E-state index is 0.651. The summed E-state index contributed by atoms with van der Waals surface area (Å²) in [7, 11) is 2.65. The van der Waals surface area contributed by atoms with E-state index in [1.807, 2.05) is 0 Å². The van der Waals surface area contributed by atoms with Crippen LogP contribution in [-0.4, -0.2) is 19.9 Å². The molecular weight excluding hydrogens is 397 g/mol. The minimum absolute atomic E-state index is 0.651. The first-order valence-electron chi connectivity index (χ1n) is 16.0. The van der Waals surface area contributed by atoms with Gasteiger partial charge in [-0.15, -0.1) is 0 Å². The summed E-state index contributed by atoms with van der Waals surface area (Å²) in [5.74, 6) is 3.16. The summed E-state index contributed by atoms with van der Waals surface area (Å²) >= 11 is 0. The molecule has 4 aliphatic rings. The smallest absolute Gasteiger partial charge is 0.109 e. The summed E-state index contributed by atoms with van der Waals surface area (Å²) in [6, 6.07) is 1.63. The first-order valence-corrected chi connectivity index (χ1v) is 16.0. The van der Waals surface area contributed by atoms with E-state index in [4.69, 9.17) is 0 Å². The molecule has 0 spiro atoms. The maximum atomic E-state index is 4.25. The zero-order chi connectivity index (χ0) is 22.8. The zero-order valence-corrected chi connectivity index (χ0v) is 22.6. The summed E-state index contributed by atoms with van der Waals surface area (Å²) in [5, 5.41) is 4.90. The van der Waals surface area contributed by atoms with Crippen LogP contribution in [0.15, 0.2) is 0 Å². The Morgan fingerprint density at radius 1 is 0.485 bits per heavy atom. The SMILES string of the molecule is BC1(CC2CCCCC2)CCCC(NC2CCCCC(C3CCCCCCC3)CC2)CCC1. The van der Waals surface area contributed by atoms with Crippen molar-refractivity contribution < 1.29 is 0 Å². The molecular formula is C31H58BN. The van der Waals surface area contributed by atoms with Gasteiger partial charge in [0.1, 0.15) is 7.85 Å². The van der Waals surface area contributed by atoms with Crippen molar-refractivity contribution in [2.24, 2.45) is 17.8 Å². The van der Waals surface area contributed by atoms with Crippen LogP contribution in [0.25, 0.3) is 0 Å². The second-order valence-electron chi connectivity index (χ2n) is 13.6. The van der Waals surface area contributed by atoms with Gasteiger partial charge in [-0.2, -0.15) is 0 Å². The van der Waals surface area contributed by atoms with E-state index in [-0.39, 0.29) is 0 Å². The number of hydrogen-bond donors (Lipinski definition) is 1. The van der Waals surface area contributed by atoms with Gasteiger partial charge in [-0.3, -0.25) is 0 Å². The van der Waals surface area contributed by atoms with Crippen molar-refractivity contribution in [1.82, 2.24) is 5.32 Å². The van der Waals surface area contributed by atoms with Crippen molar-refractivity contribution in [3.8, 4) is 0 Å². The van der Waals surface area contributed by atoms with Crippen molar-refractivity contribution in [3.05, 3.63) is 0 Å². The van der Waals surface area contributed by atoms with E-state index >= 15 is 0 Å². The van der Waals surface area contributed by atoms with Crippen molar-refractivity contribution in [2.45, 2.75) is 178 Å². The molecule has 4 saturated carbocycles. The Kier molecular flexibility index (Phi) is 11.0. The molecule has 0 aliphatic heterocycles. The molecule has 4 rings (SSSR count). The van der Waals surface area contributed by atoms with Gasteiger partial charge in [0.05, 0.1) is 0 Å². The third-order valence-electron chi connectivity index (χ3n) is 10.7. The Labute approximate surface area is 208 Å². The van der Waals surface area contributed by atoms with E-state index in [2.05, 4.69) is 13.2 Å². The van der Waals surface area contributed by atoms with Crippen LogP contribution in [0.5, 0.6) is 0 Å². The third kappa shape index (κ3) is 8.88. The van der Waals surface area contributed by atoms with Crippen LogP contribution in [0.1, 0.15) is 161 Å². The second kappa shape index (κ2) is 13.9. The molecule has 4 aliphatic carbocycles. The van der Waals surface area contributed by atoms with Crippen LogP contribution in [-0.2, 0) is 0 Å². The van der Waals surface area contributed by atoms with Crippen LogP contribution in [0, 0.1) is 17.8 Å². The molecule has 2 atom stereocenters. The number of hydrogen-bond acceptors (Lipinski definition) is 1. The molecule has 0 heterocycles.